The standard InChI is InChI=1S/C24H27N7/c1-30-11-13-31(14-12-30)22-4-2-3-19-17(22)15-21(26-19)24-23-20(28-29-24)6-5-18(27-23)16-7-9-25-10-8-16/h2-7,15,25-26H,8-14H2,1H3,(H,28,29). The molecule has 0 saturated carbocycles. The third kappa shape index (κ3) is 3.30. The summed E-state index contributed by atoms with van der Waals surface area (Å²) in [5.41, 5.74) is 8.56. The average Bonchev–Trinajstić information content (AvgIpc) is 3.43. The summed E-state index contributed by atoms with van der Waals surface area (Å²) in [6, 6.07) is 12.9. The molecule has 2 aliphatic rings. The van der Waals surface area contributed by atoms with Gasteiger partial charge >= 0.3 is 0 Å². The lowest BCUT2D eigenvalue weighted by atomic mass is 10.0. The summed E-state index contributed by atoms with van der Waals surface area (Å²) < 4.78 is 0. The fourth-order valence-electron chi connectivity index (χ4n) is 4.71. The van der Waals surface area contributed by atoms with E-state index in [2.05, 4.69) is 79.8 Å². The van der Waals surface area contributed by atoms with Gasteiger partial charge < -0.3 is 20.1 Å². The summed E-state index contributed by atoms with van der Waals surface area (Å²) in [6.07, 6.45) is 3.25. The quantitative estimate of drug-likeness (QED) is 0.481. The minimum absolute atomic E-state index is 0.881. The fraction of sp³-hybridized carbons (Fsp3) is 0.333. The van der Waals surface area contributed by atoms with Gasteiger partial charge in [0.2, 0.25) is 0 Å². The van der Waals surface area contributed by atoms with Crippen LogP contribution >= 0.6 is 0 Å². The number of H-pyrrole nitrogens is 2. The molecule has 0 unspecified atom stereocenters. The Bertz CT molecular complexity index is 1270. The van der Waals surface area contributed by atoms with E-state index >= 15 is 0 Å². The van der Waals surface area contributed by atoms with E-state index in [1.54, 1.807) is 0 Å². The maximum atomic E-state index is 5.00. The zero-order chi connectivity index (χ0) is 20.8. The molecular weight excluding hydrogens is 386 g/mol. The number of hydrogen-bond acceptors (Lipinski definition) is 5. The Morgan fingerprint density at radius 1 is 1.00 bits per heavy atom. The van der Waals surface area contributed by atoms with E-state index in [0.717, 1.165) is 79.3 Å². The minimum atomic E-state index is 0.881. The number of likely N-dealkylation sites (N-methyl/N-ethyl adjacent to an activating group) is 1. The first-order chi connectivity index (χ1) is 15.3. The molecule has 3 aromatic heterocycles. The molecule has 0 aliphatic carbocycles. The minimum Gasteiger partial charge on any atom is -0.368 e. The zero-order valence-electron chi connectivity index (χ0n) is 17.8. The smallest absolute Gasteiger partial charge is 0.135 e. The van der Waals surface area contributed by atoms with Gasteiger partial charge in [-0.3, -0.25) is 5.10 Å². The number of rotatable bonds is 3. The molecule has 0 radical (unpaired) electrons. The number of aromatic amines is 2. The van der Waals surface area contributed by atoms with Crippen molar-refractivity contribution in [2.75, 3.05) is 51.2 Å². The van der Waals surface area contributed by atoms with Gasteiger partial charge in [0.05, 0.1) is 16.9 Å². The van der Waals surface area contributed by atoms with E-state index in [0.29, 0.717) is 0 Å². The van der Waals surface area contributed by atoms with Gasteiger partial charge in [0.15, 0.2) is 0 Å². The van der Waals surface area contributed by atoms with Crippen LogP contribution < -0.4 is 10.2 Å². The Kier molecular flexibility index (Phi) is 4.51. The number of piperazine rings is 1. The molecule has 0 atom stereocenters. The van der Waals surface area contributed by atoms with Crippen molar-refractivity contribution >= 4 is 33.2 Å². The fourth-order valence-corrected chi connectivity index (χ4v) is 4.71. The second-order valence-corrected chi connectivity index (χ2v) is 8.56. The number of nitrogens with one attached hydrogen (secondary N) is 3. The van der Waals surface area contributed by atoms with Crippen molar-refractivity contribution in [2.24, 2.45) is 0 Å². The monoisotopic (exact) mass is 413 g/mol. The largest absolute Gasteiger partial charge is 0.368 e. The van der Waals surface area contributed by atoms with Crippen LogP contribution in [-0.2, 0) is 0 Å². The molecule has 1 saturated heterocycles. The van der Waals surface area contributed by atoms with E-state index in [1.165, 1.54) is 16.6 Å². The molecule has 2 aliphatic heterocycles. The van der Waals surface area contributed by atoms with Gasteiger partial charge in [-0.2, -0.15) is 5.10 Å². The summed E-state index contributed by atoms with van der Waals surface area (Å²) in [4.78, 5) is 13.5. The van der Waals surface area contributed by atoms with E-state index in [-0.39, 0.29) is 0 Å². The van der Waals surface area contributed by atoms with Crippen molar-refractivity contribution in [1.82, 2.24) is 30.4 Å². The molecule has 4 aromatic rings. The molecular formula is C24H27N7. The van der Waals surface area contributed by atoms with E-state index < -0.39 is 0 Å². The Labute approximate surface area is 181 Å². The van der Waals surface area contributed by atoms with Gasteiger partial charge in [-0.05, 0) is 55.9 Å². The molecule has 0 amide bonds. The van der Waals surface area contributed by atoms with Gasteiger partial charge in [0.1, 0.15) is 11.2 Å². The molecule has 0 bridgehead atoms. The number of aromatic nitrogens is 4. The normalized spacial score (nSPS) is 18.1. The van der Waals surface area contributed by atoms with Crippen LogP contribution in [0.1, 0.15) is 12.1 Å². The van der Waals surface area contributed by atoms with Crippen molar-refractivity contribution in [3.05, 3.63) is 48.2 Å². The summed E-state index contributed by atoms with van der Waals surface area (Å²) in [7, 11) is 2.19. The van der Waals surface area contributed by atoms with Crippen LogP contribution in [0.15, 0.2) is 42.5 Å². The SMILES string of the molecule is CN1CCN(c2cccc3[nH]c(-c4n[nH]c5ccc(C6=CCNCC6)nc45)cc23)CC1. The first-order valence-electron chi connectivity index (χ1n) is 11.1. The summed E-state index contributed by atoms with van der Waals surface area (Å²) in [6.45, 7) is 6.20. The second kappa shape index (κ2) is 7.51. The molecule has 7 nitrogen and oxygen atoms in total. The predicted molar refractivity (Wildman–Crippen MR) is 126 cm³/mol. The lowest BCUT2D eigenvalue weighted by Crippen LogP contribution is -2.44. The summed E-state index contributed by atoms with van der Waals surface area (Å²) >= 11 is 0. The summed E-state index contributed by atoms with van der Waals surface area (Å²) in [5.74, 6) is 0. The van der Waals surface area contributed by atoms with Crippen LogP contribution in [0.3, 0.4) is 0 Å². The number of fused-ring (bicyclic) bond motifs is 2. The Morgan fingerprint density at radius 2 is 1.90 bits per heavy atom. The maximum Gasteiger partial charge on any atom is 0.135 e. The van der Waals surface area contributed by atoms with Crippen LogP contribution in [0.4, 0.5) is 5.69 Å². The van der Waals surface area contributed by atoms with Gasteiger partial charge in [0, 0.05) is 49.3 Å². The Balaban J connectivity index is 1.42. The van der Waals surface area contributed by atoms with Gasteiger partial charge in [-0.1, -0.05) is 12.1 Å². The third-order valence-corrected chi connectivity index (χ3v) is 6.54. The van der Waals surface area contributed by atoms with Crippen molar-refractivity contribution in [2.45, 2.75) is 6.42 Å². The second-order valence-electron chi connectivity index (χ2n) is 8.56. The first kappa shape index (κ1) is 18.6. The number of benzene rings is 1. The average molecular weight is 414 g/mol. The van der Waals surface area contributed by atoms with Crippen LogP contribution in [-0.4, -0.2) is 71.4 Å². The van der Waals surface area contributed by atoms with Crippen LogP contribution in [0.5, 0.6) is 0 Å². The van der Waals surface area contributed by atoms with Crippen molar-refractivity contribution < 1.29 is 0 Å². The molecule has 1 fully saturated rings. The number of nitrogens with zero attached hydrogens (tertiary/aromatic N) is 4. The molecule has 6 rings (SSSR count). The highest BCUT2D eigenvalue weighted by Gasteiger charge is 2.19. The van der Waals surface area contributed by atoms with Crippen LogP contribution in [0.2, 0.25) is 0 Å². The van der Waals surface area contributed by atoms with Gasteiger partial charge in [-0.15, -0.1) is 0 Å². The number of hydrogen-bond donors (Lipinski definition) is 3. The number of pyridine rings is 1. The third-order valence-electron chi connectivity index (χ3n) is 6.54. The van der Waals surface area contributed by atoms with Gasteiger partial charge in [0.25, 0.3) is 0 Å². The van der Waals surface area contributed by atoms with Crippen LogP contribution in [0, 0.1) is 0 Å². The highest BCUT2D eigenvalue weighted by atomic mass is 15.2. The molecule has 31 heavy (non-hydrogen) atoms. The van der Waals surface area contributed by atoms with Crippen molar-refractivity contribution in [3.8, 4) is 11.4 Å². The lowest BCUT2D eigenvalue weighted by molar-refractivity contribution is 0.313. The molecule has 1 aromatic carbocycles. The van der Waals surface area contributed by atoms with Crippen LogP contribution in [0.25, 0.3) is 38.9 Å². The molecule has 3 N–H and O–H groups in total. The Morgan fingerprint density at radius 3 is 2.74 bits per heavy atom. The highest BCUT2D eigenvalue weighted by Crippen LogP contribution is 2.33. The molecule has 0 spiro atoms. The number of anilines is 1. The van der Waals surface area contributed by atoms with E-state index in [9.17, 15) is 0 Å². The van der Waals surface area contributed by atoms with E-state index in [1.807, 2.05) is 0 Å². The molecule has 5 heterocycles. The topological polar surface area (TPSA) is 75.9 Å². The van der Waals surface area contributed by atoms with Crippen molar-refractivity contribution in [1.29, 1.82) is 0 Å². The van der Waals surface area contributed by atoms with Gasteiger partial charge in [-0.25, -0.2) is 4.98 Å². The van der Waals surface area contributed by atoms with Crippen molar-refractivity contribution in [3.63, 3.8) is 0 Å². The summed E-state index contributed by atoms with van der Waals surface area (Å²) in [5, 5.41) is 12.4. The molecule has 158 valence electrons. The Hall–Kier alpha value is -3.16. The highest BCUT2D eigenvalue weighted by molar-refractivity contribution is 5.99. The lowest BCUT2D eigenvalue weighted by Gasteiger charge is -2.34. The zero-order valence-corrected chi connectivity index (χ0v) is 17.8. The predicted octanol–water partition coefficient (Wildman–Crippen LogP) is 3.23. The maximum absolute atomic E-state index is 5.00. The van der Waals surface area contributed by atoms with E-state index in [4.69, 9.17) is 4.98 Å². The first-order valence-corrected chi connectivity index (χ1v) is 11.1. The molecule has 7 heteroatoms.